The van der Waals surface area contributed by atoms with Gasteiger partial charge in [-0.1, -0.05) is 12.8 Å². The van der Waals surface area contributed by atoms with Crippen LogP contribution in [0.2, 0.25) is 0 Å². The van der Waals surface area contributed by atoms with E-state index in [1.54, 1.807) is 12.1 Å². The highest BCUT2D eigenvalue weighted by atomic mass is 16.3. The Morgan fingerprint density at radius 1 is 1.50 bits per heavy atom. The first-order valence-corrected chi connectivity index (χ1v) is 5.83. The van der Waals surface area contributed by atoms with Crippen molar-refractivity contribution in [1.29, 1.82) is 0 Å². The smallest absolute Gasteiger partial charge is 0.211 e. The maximum absolute atomic E-state index is 11.7. The topological polar surface area (TPSA) is 68.3 Å². The summed E-state index contributed by atoms with van der Waals surface area (Å²) in [5.74, 6) is 0.402. The van der Waals surface area contributed by atoms with Crippen molar-refractivity contribution in [2.45, 2.75) is 37.8 Å². The lowest BCUT2D eigenvalue weighted by Crippen LogP contribution is -2.48. The summed E-state index contributed by atoms with van der Waals surface area (Å²) in [6.07, 6.45) is 6.02. The summed E-state index contributed by atoms with van der Waals surface area (Å²) in [7, 11) is 0. The molecule has 0 spiro atoms. The van der Waals surface area contributed by atoms with Crippen LogP contribution in [0.5, 0.6) is 0 Å². The Labute approximate surface area is 95.2 Å². The van der Waals surface area contributed by atoms with Crippen LogP contribution in [0, 0.1) is 0 Å². The van der Waals surface area contributed by atoms with Gasteiger partial charge in [-0.05, 0) is 25.0 Å². The molecule has 4 heteroatoms. The number of nitrogens with one attached hydrogen (secondary N) is 1. The van der Waals surface area contributed by atoms with Crippen LogP contribution in [0.25, 0.3) is 0 Å². The van der Waals surface area contributed by atoms with Gasteiger partial charge in [-0.3, -0.25) is 4.79 Å². The van der Waals surface area contributed by atoms with E-state index in [2.05, 4.69) is 5.32 Å². The van der Waals surface area contributed by atoms with Gasteiger partial charge in [0.25, 0.3) is 0 Å². The molecule has 3 N–H and O–H groups in total. The summed E-state index contributed by atoms with van der Waals surface area (Å²) in [5, 5.41) is 3.22. The summed E-state index contributed by atoms with van der Waals surface area (Å²) in [4.78, 5) is 11.7. The lowest BCUT2D eigenvalue weighted by Gasteiger charge is -2.29. The van der Waals surface area contributed by atoms with Crippen LogP contribution in [0.3, 0.4) is 0 Å². The number of nitrogens with two attached hydrogens (primary N) is 1. The maximum Gasteiger partial charge on any atom is 0.211 e. The molecule has 2 atom stereocenters. The van der Waals surface area contributed by atoms with Crippen molar-refractivity contribution in [2.75, 3.05) is 6.54 Å². The highest BCUT2D eigenvalue weighted by Crippen LogP contribution is 2.16. The molecule has 0 unspecified atom stereocenters. The van der Waals surface area contributed by atoms with Crippen LogP contribution in [0.15, 0.2) is 22.8 Å². The SMILES string of the molecule is N[C@@H]1CCCC[C@H]1NCC(=O)c1ccco1. The van der Waals surface area contributed by atoms with E-state index in [1.165, 1.54) is 19.1 Å². The number of rotatable bonds is 4. The van der Waals surface area contributed by atoms with E-state index >= 15 is 0 Å². The normalized spacial score (nSPS) is 25.6. The second kappa shape index (κ2) is 5.27. The van der Waals surface area contributed by atoms with Crippen LogP contribution in [-0.2, 0) is 0 Å². The van der Waals surface area contributed by atoms with Gasteiger partial charge in [0.15, 0.2) is 5.76 Å². The summed E-state index contributed by atoms with van der Waals surface area (Å²) >= 11 is 0. The summed E-state index contributed by atoms with van der Waals surface area (Å²) < 4.78 is 5.04. The molecule has 0 amide bonds. The number of Topliss-reactive ketones (excluding diaryl/α,β-unsaturated/α-hetero) is 1. The number of furan rings is 1. The zero-order valence-electron chi connectivity index (χ0n) is 9.32. The van der Waals surface area contributed by atoms with E-state index in [4.69, 9.17) is 10.2 Å². The largest absolute Gasteiger partial charge is 0.461 e. The van der Waals surface area contributed by atoms with Gasteiger partial charge in [0.2, 0.25) is 5.78 Å². The Morgan fingerprint density at radius 3 is 3.00 bits per heavy atom. The zero-order valence-corrected chi connectivity index (χ0v) is 9.32. The molecule has 88 valence electrons. The Bertz CT molecular complexity index is 335. The Kier molecular flexibility index (Phi) is 3.74. The van der Waals surface area contributed by atoms with Crippen molar-refractivity contribution in [3.63, 3.8) is 0 Å². The van der Waals surface area contributed by atoms with Crippen LogP contribution < -0.4 is 11.1 Å². The molecule has 0 aliphatic heterocycles. The minimum absolute atomic E-state index is 0.0113. The van der Waals surface area contributed by atoms with Crippen molar-refractivity contribution in [3.05, 3.63) is 24.2 Å². The van der Waals surface area contributed by atoms with Gasteiger partial charge in [0.1, 0.15) is 0 Å². The van der Waals surface area contributed by atoms with Crippen molar-refractivity contribution < 1.29 is 9.21 Å². The van der Waals surface area contributed by atoms with Gasteiger partial charge < -0.3 is 15.5 Å². The summed E-state index contributed by atoms with van der Waals surface area (Å²) in [6, 6.07) is 3.86. The molecular weight excluding hydrogens is 204 g/mol. The van der Waals surface area contributed by atoms with Gasteiger partial charge >= 0.3 is 0 Å². The molecule has 1 heterocycles. The van der Waals surface area contributed by atoms with Gasteiger partial charge in [-0.25, -0.2) is 0 Å². The molecule has 1 aliphatic carbocycles. The molecule has 0 radical (unpaired) electrons. The zero-order chi connectivity index (χ0) is 11.4. The number of hydrogen-bond acceptors (Lipinski definition) is 4. The van der Waals surface area contributed by atoms with E-state index in [0.717, 1.165) is 12.8 Å². The van der Waals surface area contributed by atoms with Crippen LogP contribution >= 0.6 is 0 Å². The Morgan fingerprint density at radius 2 is 2.31 bits per heavy atom. The number of carbonyl (C=O) groups excluding carboxylic acids is 1. The monoisotopic (exact) mass is 222 g/mol. The van der Waals surface area contributed by atoms with Crippen molar-refractivity contribution in [3.8, 4) is 0 Å². The lowest BCUT2D eigenvalue weighted by molar-refractivity contribution is 0.0957. The molecule has 1 aromatic heterocycles. The fourth-order valence-corrected chi connectivity index (χ4v) is 2.16. The fraction of sp³-hybridized carbons (Fsp3) is 0.583. The summed E-state index contributed by atoms with van der Waals surface area (Å²) in [6.45, 7) is 0.311. The fourth-order valence-electron chi connectivity index (χ4n) is 2.16. The number of hydrogen-bond donors (Lipinski definition) is 2. The third-order valence-electron chi connectivity index (χ3n) is 3.14. The molecule has 0 saturated heterocycles. The van der Waals surface area contributed by atoms with E-state index < -0.39 is 0 Å². The van der Waals surface area contributed by atoms with E-state index in [-0.39, 0.29) is 17.9 Å². The molecule has 1 fully saturated rings. The number of ketones is 1. The van der Waals surface area contributed by atoms with E-state index in [0.29, 0.717) is 12.3 Å². The first-order valence-electron chi connectivity index (χ1n) is 5.83. The van der Waals surface area contributed by atoms with E-state index in [9.17, 15) is 4.79 Å². The highest BCUT2D eigenvalue weighted by Gasteiger charge is 2.22. The van der Waals surface area contributed by atoms with Gasteiger partial charge in [-0.2, -0.15) is 0 Å². The molecule has 2 rings (SSSR count). The minimum atomic E-state index is -0.0113. The standard InChI is InChI=1S/C12H18N2O2/c13-9-4-1-2-5-10(9)14-8-11(15)12-6-3-7-16-12/h3,6-7,9-10,14H,1-2,4-5,8,13H2/t9-,10-/m1/s1. The van der Waals surface area contributed by atoms with Crippen LogP contribution in [0.4, 0.5) is 0 Å². The number of carbonyl (C=O) groups is 1. The molecule has 1 aromatic rings. The predicted octanol–water partition coefficient (Wildman–Crippen LogP) is 1.32. The van der Waals surface area contributed by atoms with Crippen molar-refractivity contribution in [1.82, 2.24) is 5.32 Å². The van der Waals surface area contributed by atoms with Crippen molar-refractivity contribution >= 4 is 5.78 Å². The highest BCUT2D eigenvalue weighted by molar-refractivity contribution is 5.95. The van der Waals surface area contributed by atoms with Gasteiger partial charge in [-0.15, -0.1) is 0 Å². The van der Waals surface area contributed by atoms with Crippen LogP contribution in [0.1, 0.15) is 36.2 Å². The molecule has 0 aromatic carbocycles. The second-order valence-electron chi connectivity index (χ2n) is 4.34. The summed E-state index contributed by atoms with van der Waals surface area (Å²) in [5.41, 5.74) is 5.99. The molecule has 1 saturated carbocycles. The molecule has 1 aliphatic rings. The minimum Gasteiger partial charge on any atom is -0.461 e. The predicted molar refractivity (Wildman–Crippen MR) is 61.3 cm³/mol. The third kappa shape index (κ3) is 2.71. The Hall–Kier alpha value is -1.13. The van der Waals surface area contributed by atoms with Crippen molar-refractivity contribution in [2.24, 2.45) is 5.73 Å². The van der Waals surface area contributed by atoms with Crippen LogP contribution in [-0.4, -0.2) is 24.4 Å². The Balaban J connectivity index is 1.80. The quantitative estimate of drug-likeness (QED) is 0.754. The second-order valence-corrected chi connectivity index (χ2v) is 4.34. The first kappa shape index (κ1) is 11.4. The van der Waals surface area contributed by atoms with Gasteiger partial charge in [0, 0.05) is 12.1 Å². The maximum atomic E-state index is 11.7. The molecular formula is C12H18N2O2. The first-order chi connectivity index (χ1) is 7.77. The molecule has 4 nitrogen and oxygen atoms in total. The lowest BCUT2D eigenvalue weighted by atomic mass is 9.91. The molecule has 16 heavy (non-hydrogen) atoms. The van der Waals surface area contributed by atoms with Gasteiger partial charge in [0.05, 0.1) is 12.8 Å². The molecule has 0 bridgehead atoms. The average molecular weight is 222 g/mol. The third-order valence-corrected chi connectivity index (χ3v) is 3.14. The average Bonchev–Trinajstić information content (AvgIpc) is 2.81. The van der Waals surface area contributed by atoms with E-state index in [1.807, 2.05) is 0 Å².